The lowest BCUT2D eigenvalue weighted by Gasteiger charge is -2.23. The number of rotatable bonds is 6. The first-order valence-corrected chi connectivity index (χ1v) is 6.75. The van der Waals surface area contributed by atoms with Gasteiger partial charge in [0.05, 0.1) is 12.0 Å². The maximum Gasteiger partial charge on any atom is 0.250 e. The van der Waals surface area contributed by atoms with E-state index in [0.717, 1.165) is 24.4 Å². The highest BCUT2D eigenvalue weighted by Crippen LogP contribution is 2.08. The number of nitrogens with one attached hydrogen (secondary N) is 1. The smallest absolute Gasteiger partial charge is 0.250 e. The van der Waals surface area contributed by atoms with Gasteiger partial charge >= 0.3 is 0 Å². The van der Waals surface area contributed by atoms with Crippen LogP contribution in [0.1, 0.15) is 19.0 Å². The van der Waals surface area contributed by atoms with Crippen LogP contribution in [-0.2, 0) is 6.54 Å². The Morgan fingerprint density at radius 3 is 3.00 bits per heavy atom. The summed E-state index contributed by atoms with van der Waals surface area (Å²) in [6, 6.07) is 2.06. The molecule has 5 heteroatoms. The fraction of sp³-hybridized carbons (Fsp3) is 0.636. The third-order valence-electron chi connectivity index (χ3n) is 2.64. The second kappa shape index (κ2) is 6.70. The van der Waals surface area contributed by atoms with Gasteiger partial charge in [0.15, 0.2) is 0 Å². The number of hydrogen-bond acceptors (Lipinski definition) is 4. The predicted molar refractivity (Wildman–Crippen MR) is 68.8 cm³/mol. The van der Waals surface area contributed by atoms with Gasteiger partial charge in [-0.05, 0) is 32.4 Å². The molecule has 0 radical (unpaired) electrons. The van der Waals surface area contributed by atoms with Crippen molar-refractivity contribution in [3.05, 3.63) is 28.4 Å². The highest BCUT2D eigenvalue weighted by Gasteiger charge is 2.09. The van der Waals surface area contributed by atoms with Crippen LogP contribution >= 0.6 is 11.8 Å². The van der Waals surface area contributed by atoms with Gasteiger partial charge < -0.3 is 4.98 Å². The second-order valence-electron chi connectivity index (χ2n) is 3.95. The van der Waals surface area contributed by atoms with E-state index in [1.54, 1.807) is 6.07 Å². The van der Waals surface area contributed by atoms with Crippen LogP contribution < -0.4 is 5.56 Å². The van der Waals surface area contributed by atoms with Crippen LogP contribution in [0.3, 0.4) is 0 Å². The summed E-state index contributed by atoms with van der Waals surface area (Å²) in [6.45, 7) is 2.92. The van der Waals surface area contributed by atoms with Crippen molar-refractivity contribution in [2.24, 2.45) is 0 Å². The van der Waals surface area contributed by atoms with E-state index < -0.39 is 0 Å². The van der Waals surface area contributed by atoms with Gasteiger partial charge in [0.25, 0.3) is 5.56 Å². The third kappa shape index (κ3) is 4.37. The van der Waals surface area contributed by atoms with E-state index in [-0.39, 0.29) is 5.56 Å². The molecule has 0 aliphatic heterocycles. The Morgan fingerprint density at radius 1 is 1.62 bits per heavy atom. The van der Waals surface area contributed by atoms with Crippen molar-refractivity contribution in [2.75, 3.05) is 19.1 Å². The minimum absolute atomic E-state index is 0.0878. The molecule has 0 bridgehead atoms. The number of H-pyrrole nitrogens is 1. The minimum atomic E-state index is -0.0878. The van der Waals surface area contributed by atoms with Crippen LogP contribution in [0.5, 0.6) is 0 Å². The van der Waals surface area contributed by atoms with Gasteiger partial charge in [-0.2, -0.15) is 11.8 Å². The van der Waals surface area contributed by atoms with E-state index >= 15 is 0 Å². The van der Waals surface area contributed by atoms with E-state index in [0.29, 0.717) is 6.04 Å². The first-order valence-electron chi connectivity index (χ1n) is 5.36. The summed E-state index contributed by atoms with van der Waals surface area (Å²) in [5, 5.41) is 0. The molecule has 0 saturated heterocycles. The summed E-state index contributed by atoms with van der Waals surface area (Å²) < 4.78 is 0. The summed E-state index contributed by atoms with van der Waals surface area (Å²) in [4.78, 5) is 20.0. The molecule has 0 aliphatic carbocycles. The summed E-state index contributed by atoms with van der Waals surface area (Å²) in [5.74, 6) is 1.16. The van der Waals surface area contributed by atoms with Crippen molar-refractivity contribution in [2.45, 2.75) is 25.9 Å². The van der Waals surface area contributed by atoms with Crippen molar-refractivity contribution in [1.82, 2.24) is 14.9 Å². The number of aromatic nitrogens is 2. The highest BCUT2D eigenvalue weighted by molar-refractivity contribution is 7.98. The number of hydrogen-bond donors (Lipinski definition) is 1. The molecule has 0 spiro atoms. The molecule has 16 heavy (non-hydrogen) atoms. The number of aromatic amines is 1. The molecule has 1 aromatic rings. The van der Waals surface area contributed by atoms with Crippen LogP contribution in [-0.4, -0.2) is 40.0 Å². The SMILES string of the molecule is CSCCC(C)N(C)Cc1cc(=O)[nH]cn1. The van der Waals surface area contributed by atoms with Crippen molar-refractivity contribution in [1.29, 1.82) is 0 Å². The van der Waals surface area contributed by atoms with Gasteiger partial charge in [0, 0.05) is 18.7 Å². The van der Waals surface area contributed by atoms with E-state index in [4.69, 9.17) is 0 Å². The molecule has 0 aliphatic rings. The molecule has 0 amide bonds. The zero-order chi connectivity index (χ0) is 12.0. The maximum absolute atomic E-state index is 11.1. The van der Waals surface area contributed by atoms with Gasteiger partial charge in [0.1, 0.15) is 0 Å². The fourth-order valence-electron chi connectivity index (χ4n) is 1.42. The van der Waals surface area contributed by atoms with Crippen molar-refractivity contribution >= 4 is 11.8 Å². The first kappa shape index (κ1) is 13.3. The number of thioether (sulfide) groups is 1. The Kier molecular flexibility index (Phi) is 5.55. The lowest BCUT2D eigenvalue weighted by molar-refractivity contribution is 0.242. The predicted octanol–water partition coefficient (Wildman–Crippen LogP) is 1.34. The van der Waals surface area contributed by atoms with Gasteiger partial charge in [0.2, 0.25) is 0 Å². The Labute approximate surface area is 100 Å². The van der Waals surface area contributed by atoms with Crippen molar-refractivity contribution in [3.8, 4) is 0 Å². The Bertz CT molecular complexity index is 366. The third-order valence-corrected chi connectivity index (χ3v) is 3.28. The summed E-state index contributed by atoms with van der Waals surface area (Å²) in [6.07, 6.45) is 4.73. The summed E-state index contributed by atoms with van der Waals surface area (Å²) in [7, 11) is 2.06. The van der Waals surface area contributed by atoms with Gasteiger partial charge in [-0.25, -0.2) is 4.98 Å². The van der Waals surface area contributed by atoms with E-state index in [1.165, 1.54) is 6.33 Å². The quantitative estimate of drug-likeness (QED) is 0.816. The Morgan fingerprint density at radius 2 is 2.38 bits per heavy atom. The minimum Gasteiger partial charge on any atom is -0.313 e. The number of nitrogens with zero attached hydrogens (tertiary/aromatic N) is 2. The summed E-state index contributed by atoms with van der Waals surface area (Å²) in [5.41, 5.74) is 0.734. The van der Waals surface area contributed by atoms with Crippen molar-refractivity contribution < 1.29 is 0 Å². The van der Waals surface area contributed by atoms with Gasteiger partial charge in [-0.3, -0.25) is 9.69 Å². The van der Waals surface area contributed by atoms with Crippen LogP contribution in [0, 0.1) is 0 Å². The van der Waals surface area contributed by atoms with Crippen LogP contribution in [0.4, 0.5) is 0 Å². The highest BCUT2D eigenvalue weighted by atomic mass is 32.2. The molecular formula is C11H19N3OS. The molecule has 1 heterocycles. The zero-order valence-electron chi connectivity index (χ0n) is 10.1. The van der Waals surface area contributed by atoms with Crippen molar-refractivity contribution in [3.63, 3.8) is 0 Å². The summed E-state index contributed by atoms with van der Waals surface area (Å²) >= 11 is 1.86. The maximum atomic E-state index is 11.1. The second-order valence-corrected chi connectivity index (χ2v) is 4.93. The van der Waals surface area contributed by atoms with Crippen LogP contribution in [0.2, 0.25) is 0 Å². The van der Waals surface area contributed by atoms with E-state index in [1.807, 2.05) is 11.8 Å². The lowest BCUT2D eigenvalue weighted by atomic mass is 10.2. The Balaban J connectivity index is 2.50. The van der Waals surface area contributed by atoms with E-state index in [2.05, 4.69) is 35.1 Å². The monoisotopic (exact) mass is 241 g/mol. The van der Waals surface area contributed by atoms with Crippen LogP contribution in [0.25, 0.3) is 0 Å². The average molecular weight is 241 g/mol. The molecule has 0 fully saturated rings. The zero-order valence-corrected chi connectivity index (χ0v) is 10.9. The molecule has 1 N–H and O–H groups in total. The fourth-order valence-corrected chi connectivity index (χ4v) is 1.99. The first-order chi connectivity index (χ1) is 7.63. The average Bonchev–Trinajstić information content (AvgIpc) is 2.25. The molecule has 0 aromatic carbocycles. The molecule has 4 nitrogen and oxygen atoms in total. The molecule has 1 unspecified atom stereocenters. The molecular weight excluding hydrogens is 222 g/mol. The molecule has 90 valence electrons. The molecule has 1 rings (SSSR count). The normalized spacial score (nSPS) is 13.0. The Hall–Kier alpha value is -0.810. The van der Waals surface area contributed by atoms with Gasteiger partial charge in [-0.1, -0.05) is 0 Å². The molecule has 1 atom stereocenters. The molecule has 1 aromatic heterocycles. The lowest BCUT2D eigenvalue weighted by Crippen LogP contribution is -2.29. The standard InChI is InChI=1S/C11H19N3OS/c1-9(4-5-16-3)14(2)7-10-6-11(15)13-8-12-10/h6,8-9H,4-5,7H2,1-3H3,(H,12,13,15). The van der Waals surface area contributed by atoms with Crippen LogP contribution in [0.15, 0.2) is 17.2 Å². The van der Waals surface area contributed by atoms with Gasteiger partial charge in [-0.15, -0.1) is 0 Å². The molecule has 0 saturated carbocycles. The topological polar surface area (TPSA) is 49.0 Å². The van der Waals surface area contributed by atoms with E-state index in [9.17, 15) is 4.79 Å². The largest absolute Gasteiger partial charge is 0.313 e.